The number of alkyl halides is 2. The first-order valence-electron chi connectivity index (χ1n) is 6.73. The van der Waals surface area contributed by atoms with E-state index in [2.05, 4.69) is 52.2 Å². The van der Waals surface area contributed by atoms with Gasteiger partial charge in [0.1, 0.15) is 4.32 Å². The molecule has 0 bridgehead atoms. The summed E-state index contributed by atoms with van der Waals surface area (Å²) < 4.78 is 28.1. The number of non-ortho nitro benzene ring substituents is 1. The highest BCUT2D eigenvalue weighted by Crippen LogP contribution is 2.41. The van der Waals surface area contributed by atoms with Crippen molar-refractivity contribution >= 4 is 75.0 Å². The highest BCUT2D eigenvalue weighted by atomic mass is 79.9. The summed E-state index contributed by atoms with van der Waals surface area (Å²) in [6, 6.07) is 4.63. The van der Waals surface area contributed by atoms with Crippen LogP contribution in [0.4, 0.5) is 5.69 Å². The zero-order chi connectivity index (χ0) is 19.2. The molecule has 0 unspecified atom stereocenters. The molecule has 134 valence electrons. The van der Waals surface area contributed by atoms with E-state index in [4.69, 9.17) is 0 Å². The summed E-state index contributed by atoms with van der Waals surface area (Å²) in [5.74, 6) is -0.251. The minimum Gasteiger partial charge on any atom is -0.292 e. The summed E-state index contributed by atoms with van der Waals surface area (Å²) in [5.41, 5.74) is 0.157. The average molecular weight is 559 g/mol. The number of hydrogen-bond acceptors (Lipinski definition) is 5. The van der Waals surface area contributed by atoms with Gasteiger partial charge in [0.25, 0.3) is 15.7 Å². The molecule has 0 aromatic heterocycles. The quantitative estimate of drug-likeness (QED) is 0.318. The lowest BCUT2D eigenvalue weighted by atomic mass is 9.88. The molecule has 0 amide bonds. The van der Waals surface area contributed by atoms with Crippen LogP contribution in [0.1, 0.15) is 13.8 Å². The molecule has 1 aromatic carbocycles. The Bertz CT molecular complexity index is 938. The number of nitro groups is 1. The summed E-state index contributed by atoms with van der Waals surface area (Å²) >= 11 is 9.79. The second-order valence-corrected chi connectivity index (χ2v) is 10.4. The van der Waals surface area contributed by atoms with E-state index in [1.807, 2.05) is 0 Å². The molecule has 0 aliphatic heterocycles. The number of rotatable bonds is 3. The van der Waals surface area contributed by atoms with Crippen LogP contribution in [0.5, 0.6) is 0 Å². The maximum Gasteiger partial charge on any atom is 0.282 e. The Morgan fingerprint density at radius 1 is 1.36 bits per heavy atom. The summed E-state index contributed by atoms with van der Waals surface area (Å²) in [7, 11) is -4.21. The van der Waals surface area contributed by atoms with Crippen molar-refractivity contribution < 1.29 is 18.1 Å². The second-order valence-electron chi connectivity index (χ2n) is 5.41. The third kappa shape index (κ3) is 3.79. The largest absolute Gasteiger partial charge is 0.292 e. The minimum absolute atomic E-state index is 0.136. The van der Waals surface area contributed by atoms with Crippen molar-refractivity contribution in [3.05, 3.63) is 44.4 Å². The lowest BCUT2D eigenvalue weighted by Crippen LogP contribution is -2.47. The lowest BCUT2D eigenvalue weighted by Gasteiger charge is -2.33. The average Bonchev–Trinajstić information content (AvgIpc) is 2.56. The minimum atomic E-state index is -4.21. The van der Waals surface area contributed by atoms with Gasteiger partial charge in [-0.25, -0.2) is 0 Å². The molecule has 25 heavy (non-hydrogen) atoms. The molecule has 1 aliphatic carbocycles. The third-order valence-corrected chi connectivity index (χ3v) is 8.64. The maximum absolute atomic E-state index is 12.6. The number of halogens is 3. The van der Waals surface area contributed by atoms with Gasteiger partial charge in [0.15, 0.2) is 5.78 Å². The van der Waals surface area contributed by atoms with Gasteiger partial charge < -0.3 is 0 Å². The number of hydrogen-bond donors (Lipinski definition) is 0. The molecule has 0 spiro atoms. The molecule has 0 N–H and O–H groups in total. The van der Waals surface area contributed by atoms with E-state index in [0.717, 1.165) is 6.07 Å². The zero-order valence-corrected chi connectivity index (χ0v) is 18.4. The molecule has 0 fully saturated rings. The normalized spacial score (nSPS) is 26.2. The van der Waals surface area contributed by atoms with Crippen LogP contribution in [0.15, 0.2) is 43.6 Å². The Balaban J connectivity index is 2.63. The SMILES string of the molecule is CC1=C(Br)C(=O)[C@@](C)(Br)[C@@H](Br)C1=NS(=O)(=O)c1cccc([N+](=O)[O-])c1. The first-order chi connectivity index (χ1) is 11.4. The zero-order valence-electron chi connectivity index (χ0n) is 12.9. The Hall–Kier alpha value is -0.910. The molecular weight excluding hydrogens is 548 g/mol. The Morgan fingerprint density at radius 3 is 2.52 bits per heavy atom. The van der Waals surface area contributed by atoms with E-state index in [1.54, 1.807) is 13.8 Å². The summed E-state index contributed by atoms with van der Waals surface area (Å²) in [6.07, 6.45) is 0. The highest BCUT2D eigenvalue weighted by molar-refractivity contribution is 9.13. The van der Waals surface area contributed by atoms with E-state index in [-0.39, 0.29) is 26.6 Å². The first-order valence-corrected chi connectivity index (χ1v) is 10.7. The van der Waals surface area contributed by atoms with Crippen LogP contribution in [0.2, 0.25) is 0 Å². The predicted octanol–water partition coefficient (Wildman–Crippen LogP) is 3.89. The summed E-state index contributed by atoms with van der Waals surface area (Å²) in [6.45, 7) is 3.16. The van der Waals surface area contributed by atoms with Crippen LogP contribution in [0.3, 0.4) is 0 Å². The number of sulfonamides is 1. The van der Waals surface area contributed by atoms with E-state index >= 15 is 0 Å². The van der Waals surface area contributed by atoms with Gasteiger partial charge in [0.05, 0.1) is 24.8 Å². The fourth-order valence-electron chi connectivity index (χ4n) is 2.11. The number of nitro benzene ring substituents is 1. The summed E-state index contributed by atoms with van der Waals surface area (Å²) in [4.78, 5) is 21.5. The molecule has 0 heterocycles. The monoisotopic (exact) mass is 556 g/mol. The van der Waals surface area contributed by atoms with E-state index in [9.17, 15) is 23.3 Å². The lowest BCUT2D eigenvalue weighted by molar-refractivity contribution is -0.385. The molecule has 0 saturated heterocycles. The number of benzene rings is 1. The van der Waals surface area contributed by atoms with Crippen molar-refractivity contribution in [1.82, 2.24) is 0 Å². The molecule has 11 heteroatoms. The maximum atomic E-state index is 12.6. The molecule has 1 aliphatic rings. The molecule has 2 rings (SSSR count). The number of ketones is 1. The van der Waals surface area contributed by atoms with Crippen molar-refractivity contribution in [2.75, 3.05) is 0 Å². The van der Waals surface area contributed by atoms with E-state index in [1.165, 1.54) is 18.2 Å². The molecule has 2 atom stereocenters. The topological polar surface area (TPSA) is 107 Å². The van der Waals surface area contributed by atoms with Crippen molar-refractivity contribution in [3.63, 3.8) is 0 Å². The highest BCUT2D eigenvalue weighted by Gasteiger charge is 2.47. The number of carbonyl (C=O) groups excluding carboxylic acids is 1. The Labute approximate surface area is 169 Å². The van der Waals surface area contributed by atoms with Crippen molar-refractivity contribution in [2.45, 2.75) is 27.9 Å². The molecule has 0 saturated carbocycles. The van der Waals surface area contributed by atoms with Crippen LogP contribution in [0, 0.1) is 10.1 Å². The van der Waals surface area contributed by atoms with Gasteiger partial charge in [-0.2, -0.15) is 12.8 Å². The van der Waals surface area contributed by atoms with Crippen molar-refractivity contribution in [2.24, 2.45) is 4.40 Å². The standard InChI is InChI=1S/C14H11Br3N2O5S/c1-7-10(15)13(20)14(2,17)12(16)11(7)18-25(23,24)9-5-3-4-8(6-9)19(21)22/h3-6,12H,1-2H3/t12-,14-/m0/s1. The van der Waals surface area contributed by atoms with Crippen LogP contribution < -0.4 is 0 Å². The van der Waals surface area contributed by atoms with Gasteiger partial charge in [-0.05, 0) is 41.4 Å². The van der Waals surface area contributed by atoms with E-state index < -0.39 is 24.1 Å². The van der Waals surface area contributed by atoms with Crippen LogP contribution in [-0.2, 0) is 14.8 Å². The summed E-state index contributed by atoms with van der Waals surface area (Å²) in [5, 5.41) is 10.8. The fourth-order valence-corrected chi connectivity index (χ4v) is 5.33. The number of nitrogens with zero attached hydrogens (tertiary/aromatic N) is 2. The molecule has 0 radical (unpaired) electrons. The fraction of sp³-hybridized carbons (Fsp3) is 0.286. The number of carbonyl (C=O) groups is 1. The van der Waals surface area contributed by atoms with Crippen LogP contribution >= 0.6 is 47.8 Å². The van der Waals surface area contributed by atoms with Crippen molar-refractivity contribution in [1.29, 1.82) is 0 Å². The molecule has 1 aromatic rings. The number of Topliss-reactive ketones (excluding diaryl/α,β-unsaturated/α-hetero) is 1. The van der Waals surface area contributed by atoms with Crippen LogP contribution in [0.25, 0.3) is 0 Å². The number of allylic oxidation sites excluding steroid dienone is 2. The second kappa shape index (κ2) is 7.01. The van der Waals surface area contributed by atoms with Gasteiger partial charge in [-0.1, -0.05) is 37.9 Å². The van der Waals surface area contributed by atoms with Crippen molar-refractivity contribution in [3.8, 4) is 0 Å². The third-order valence-electron chi connectivity index (χ3n) is 3.62. The Morgan fingerprint density at radius 2 is 1.96 bits per heavy atom. The smallest absolute Gasteiger partial charge is 0.282 e. The molecule has 7 nitrogen and oxygen atoms in total. The van der Waals surface area contributed by atoms with Gasteiger partial charge in [-0.3, -0.25) is 14.9 Å². The van der Waals surface area contributed by atoms with Gasteiger partial charge in [0.2, 0.25) is 0 Å². The van der Waals surface area contributed by atoms with Gasteiger partial charge in [-0.15, -0.1) is 0 Å². The predicted molar refractivity (Wildman–Crippen MR) is 104 cm³/mol. The Kier molecular flexibility index (Phi) is 5.72. The molecular formula is C14H11Br3N2O5S. The van der Waals surface area contributed by atoms with E-state index in [0.29, 0.717) is 5.57 Å². The van der Waals surface area contributed by atoms with Gasteiger partial charge >= 0.3 is 0 Å². The van der Waals surface area contributed by atoms with Gasteiger partial charge in [0, 0.05) is 12.1 Å². The van der Waals surface area contributed by atoms with Crippen LogP contribution in [-0.4, -0.2) is 34.0 Å². The first kappa shape index (κ1) is 20.4.